The summed E-state index contributed by atoms with van der Waals surface area (Å²) in [6.07, 6.45) is 4.89. The van der Waals surface area contributed by atoms with Crippen LogP contribution in [0.2, 0.25) is 0 Å². The first-order valence-electron chi connectivity index (χ1n) is 9.90. The first-order valence-corrected chi connectivity index (χ1v) is 9.90. The van der Waals surface area contributed by atoms with Crippen LogP contribution in [0.3, 0.4) is 0 Å². The SMILES string of the molecule is Cc1ccc(Cc2ccc([C@@H]3CN(Cc4cnn(C)c4C)CCO3)nc2)cc1. The third-order valence-electron chi connectivity index (χ3n) is 5.59. The van der Waals surface area contributed by atoms with E-state index in [0.29, 0.717) is 0 Å². The summed E-state index contributed by atoms with van der Waals surface area (Å²) >= 11 is 0. The standard InChI is InChI=1S/C23H28N4O/c1-17-4-6-19(7-5-17)12-20-8-9-22(24-13-20)23-16-27(10-11-28-23)15-21-14-25-26(3)18(21)2/h4-9,13-14,23H,10-12,15-16H2,1-3H3/t23-/m0/s1. The number of aryl methyl sites for hydroxylation is 2. The largest absolute Gasteiger partial charge is 0.369 e. The molecule has 28 heavy (non-hydrogen) atoms. The Balaban J connectivity index is 1.39. The molecule has 0 N–H and O–H groups in total. The van der Waals surface area contributed by atoms with Crippen LogP contribution < -0.4 is 0 Å². The van der Waals surface area contributed by atoms with Crippen molar-refractivity contribution in [2.75, 3.05) is 19.7 Å². The monoisotopic (exact) mass is 376 g/mol. The van der Waals surface area contributed by atoms with E-state index in [2.05, 4.69) is 60.2 Å². The number of rotatable bonds is 5. The van der Waals surface area contributed by atoms with Gasteiger partial charge in [0.25, 0.3) is 0 Å². The predicted molar refractivity (Wildman–Crippen MR) is 110 cm³/mol. The zero-order chi connectivity index (χ0) is 19.5. The minimum absolute atomic E-state index is 0.0270. The second-order valence-corrected chi connectivity index (χ2v) is 7.73. The molecule has 5 nitrogen and oxygen atoms in total. The third kappa shape index (κ3) is 4.32. The number of morpholine rings is 1. The maximum absolute atomic E-state index is 6.01. The molecule has 0 amide bonds. The minimum Gasteiger partial charge on any atom is -0.369 e. The molecule has 3 aromatic rings. The highest BCUT2D eigenvalue weighted by Gasteiger charge is 2.23. The van der Waals surface area contributed by atoms with E-state index in [-0.39, 0.29) is 6.10 Å². The molecule has 0 bridgehead atoms. The van der Waals surface area contributed by atoms with Gasteiger partial charge in [0.1, 0.15) is 6.10 Å². The normalized spacial score (nSPS) is 17.8. The molecule has 0 saturated carbocycles. The molecule has 0 radical (unpaired) electrons. The van der Waals surface area contributed by atoms with Crippen LogP contribution in [-0.2, 0) is 24.8 Å². The van der Waals surface area contributed by atoms with Crippen molar-refractivity contribution in [1.82, 2.24) is 19.7 Å². The molecule has 5 heteroatoms. The second-order valence-electron chi connectivity index (χ2n) is 7.73. The van der Waals surface area contributed by atoms with Gasteiger partial charge in [-0.2, -0.15) is 5.10 Å². The lowest BCUT2D eigenvalue weighted by Crippen LogP contribution is -2.38. The third-order valence-corrected chi connectivity index (χ3v) is 5.59. The molecule has 4 rings (SSSR count). The minimum atomic E-state index is 0.0270. The van der Waals surface area contributed by atoms with Crippen LogP contribution >= 0.6 is 0 Å². The number of hydrogen-bond donors (Lipinski definition) is 0. The Labute approximate surface area is 167 Å². The molecule has 1 saturated heterocycles. The highest BCUT2D eigenvalue weighted by molar-refractivity contribution is 5.28. The molecular weight excluding hydrogens is 348 g/mol. The van der Waals surface area contributed by atoms with Crippen molar-refractivity contribution < 1.29 is 4.74 Å². The topological polar surface area (TPSA) is 43.2 Å². The number of pyridine rings is 1. The van der Waals surface area contributed by atoms with Crippen LogP contribution in [0.4, 0.5) is 0 Å². The number of ether oxygens (including phenoxy) is 1. The van der Waals surface area contributed by atoms with Crippen molar-refractivity contribution in [3.63, 3.8) is 0 Å². The van der Waals surface area contributed by atoms with E-state index in [1.807, 2.05) is 24.1 Å². The summed E-state index contributed by atoms with van der Waals surface area (Å²) < 4.78 is 7.95. The van der Waals surface area contributed by atoms with E-state index in [4.69, 9.17) is 9.72 Å². The molecule has 1 aliphatic heterocycles. The van der Waals surface area contributed by atoms with Crippen LogP contribution in [0, 0.1) is 13.8 Å². The van der Waals surface area contributed by atoms with E-state index in [1.54, 1.807) is 0 Å². The van der Waals surface area contributed by atoms with Crippen molar-refractivity contribution in [2.24, 2.45) is 7.05 Å². The Hall–Kier alpha value is -2.50. The fraction of sp³-hybridized carbons (Fsp3) is 0.391. The number of nitrogens with zero attached hydrogens (tertiary/aromatic N) is 4. The van der Waals surface area contributed by atoms with Gasteiger partial charge in [0, 0.05) is 44.1 Å². The van der Waals surface area contributed by atoms with Gasteiger partial charge < -0.3 is 4.74 Å². The van der Waals surface area contributed by atoms with Gasteiger partial charge in [-0.1, -0.05) is 35.9 Å². The van der Waals surface area contributed by atoms with Gasteiger partial charge >= 0.3 is 0 Å². The Kier molecular flexibility index (Phi) is 5.55. The Bertz CT molecular complexity index is 915. The van der Waals surface area contributed by atoms with Gasteiger partial charge in [-0.05, 0) is 37.5 Å². The lowest BCUT2D eigenvalue weighted by molar-refractivity contribution is -0.0350. The molecule has 0 unspecified atom stereocenters. The zero-order valence-electron chi connectivity index (χ0n) is 16.9. The van der Waals surface area contributed by atoms with Gasteiger partial charge in [0.2, 0.25) is 0 Å². The fourth-order valence-electron chi connectivity index (χ4n) is 3.64. The summed E-state index contributed by atoms with van der Waals surface area (Å²) in [4.78, 5) is 7.14. The van der Waals surface area contributed by atoms with Crippen LogP contribution in [0.5, 0.6) is 0 Å². The van der Waals surface area contributed by atoms with Crippen molar-refractivity contribution in [3.8, 4) is 0 Å². The maximum atomic E-state index is 6.01. The lowest BCUT2D eigenvalue weighted by Gasteiger charge is -2.32. The Morgan fingerprint density at radius 1 is 1.04 bits per heavy atom. The van der Waals surface area contributed by atoms with Gasteiger partial charge in [0.15, 0.2) is 0 Å². The first kappa shape index (κ1) is 18.8. The first-order chi connectivity index (χ1) is 13.6. The molecule has 1 atom stereocenters. The van der Waals surface area contributed by atoms with Gasteiger partial charge in [0.05, 0.1) is 18.5 Å². The van der Waals surface area contributed by atoms with E-state index >= 15 is 0 Å². The average molecular weight is 377 g/mol. The Morgan fingerprint density at radius 2 is 1.82 bits per heavy atom. The number of benzene rings is 1. The molecule has 0 spiro atoms. The maximum Gasteiger partial charge on any atom is 0.112 e. The van der Waals surface area contributed by atoms with Crippen molar-refractivity contribution >= 4 is 0 Å². The fourth-order valence-corrected chi connectivity index (χ4v) is 3.64. The molecule has 3 heterocycles. The van der Waals surface area contributed by atoms with Gasteiger partial charge in [-0.15, -0.1) is 0 Å². The summed E-state index contributed by atoms with van der Waals surface area (Å²) in [5.41, 5.74) is 7.35. The van der Waals surface area contributed by atoms with Crippen molar-refractivity contribution in [3.05, 3.63) is 82.4 Å². The second kappa shape index (κ2) is 8.25. The highest BCUT2D eigenvalue weighted by Crippen LogP contribution is 2.23. The zero-order valence-corrected chi connectivity index (χ0v) is 16.9. The van der Waals surface area contributed by atoms with E-state index in [0.717, 1.165) is 38.4 Å². The van der Waals surface area contributed by atoms with E-state index in [1.165, 1.54) is 27.9 Å². The molecule has 1 fully saturated rings. The summed E-state index contributed by atoms with van der Waals surface area (Å²) in [6.45, 7) is 7.68. The molecular formula is C23H28N4O. The average Bonchev–Trinajstić information content (AvgIpc) is 3.03. The summed E-state index contributed by atoms with van der Waals surface area (Å²) in [7, 11) is 1.99. The Morgan fingerprint density at radius 3 is 2.50 bits per heavy atom. The van der Waals surface area contributed by atoms with Gasteiger partial charge in [-0.25, -0.2) is 0 Å². The highest BCUT2D eigenvalue weighted by atomic mass is 16.5. The summed E-state index contributed by atoms with van der Waals surface area (Å²) in [5, 5.41) is 4.35. The van der Waals surface area contributed by atoms with Crippen LogP contribution in [0.15, 0.2) is 48.8 Å². The van der Waals surface area contributed by atoms with E-state index < -0.39 is 0 Å². The molecule has 1 aliphatic rings. The molecule has 146 valence electrons. The predicted octanol–water partition coefficient (Wildman–Crippen LogP) is 3.60. The molecule has 0 aliphatic carbocycles. The van der Waals surface area contributed by atoms with Crippen LogP contribution in [0.25, 0.3) is 0 Å². The summed E-state index contributed by atoms with van der Waals surface area (Å²) in [5.74, 6) is 0. The molecule has 2 aromatic heterocycles. The quantitative estimate of drug-likeness (QED) is 0.682. The van der Waals surface area contributed by atoms with Crippen molar-refractivity contribution in [2.45, 2.75) is 32.9 Å². The number of aromatic nitrogens is 3. The van der Waals surface area contributed by atoms with Crippen LogP contribution in [-0.4, -0.2) is 39.4 Å². The number of hydrogen-bond acceptors (Lipinski definition) is 4. The van der Waals surface area contributed by atoms with E-state index in [9.17, 15) is 0 Å². The van der Waals surface area contributed by atoms with Crippen LogP contribution in [0.1, 0.15) is 39.7 Å². The molecule has 1 aromatic carbocycles. The smallest absolute Gasteiger partial charge is 0.112 e. The summed E-state index contributed by atoms with van der Waals surface area (Å²) in [6, 6.07) is 13.0. The van der Waals surface area contributed by atoms with Crippen molar-refractivity contribution in [1.29, 1.82) is 0 Å². The lowest BCUT2D eigenvalue weighted by atomic mass is 10.0. The van der Waals surface area contributed by atoms with Gasteiger partial charge in [-0.3, -0.25) is 14.6 Å².